The van der Waals surface area contributed by atoms with Gasteiger partial charge in [0.15, 0.2) is 0 Å². The number of amides is 1. The molecule has 4 heteroatoms. The van der Waals surface area contributed by atoms with Crippen molar-refractivity contribution in [1.82, 2.24) is 9.80 Å². The van der Waals surface area contributed by atoms with Gasteiger partial charge in [-0.15, -0.1) is 0 Å². The van der Waals surface area contributed by atoms with E-state index in [0.29, 0.717) is 11.8 Å². The van der Waals surface area contributed by atoms with Gasteiger partial charge in [-0.1, -0.05) is 59.6 Å². The van der Waals surface area contributed by atoms with Crippen LogP contribution in [0.2, 0.25) is 5.02 Å². The van der Waals surface area contributed by atoms with E-state index >= 15 is 0 Å². The van der Waals surface area contributed by atoms with Gasteiger partial charge in [0, 0.05) is 43.7 Å². The Balaban J connectivity index is 1.30. The number of aryl methyl sites for hydroxylation is 1. The van der Waals surface area contributed by atoms with Crippen LogP contribution >= 0.6 is 11.6 Å². The fourth-order valence-corrected chi connectivity index (χ4v) is 4.29. The van der Waals surface area contributed by atoms with Gasteiger partial charge in [-0.2, -0.15) is 0 Å². The van der Waals surface area contributed by atoms with Crippen LogP contribution < -0.4 is 0 Å². The summed E-state index contributed by atoms with van der Waals surface area (Å²) in [5, 5.41) is 0.788. The van der Waals surface area contributed by atoms with E-state index in [1.165, 1.54) is 11.1 Å². The van der Waals surface area contributed by atoms with Crippen LogP contribution in [0.25, 0.3) is 0 Å². The Hall–Kier alpha value is -1.84. The van der Waals surface area contributed by atoms with E-state index in [2.05, 4.69) is 42.2 Å². The highest BCUT2D eigenvalue weighted by atomic mass is 35.5. The maximum absolute atomic E-state index is 12.8. The van der Waals surface area contributed by atoms with Crippen LogP contribution in [0.15, 0.2) is 48.5 Å². The van der Waals surface area contributed by atoms with Crippen molar-refractivity contribution in [2.45, 2.75) is 25.8 Å². The van der Waals surface area contributed by atoms with Gasteiger partial charge in [0.25, 0.3) is 0 Å². The Kier molecular flexibility index (Phi) is 5.01. The third-order valence-corrected chi connectivity index (χ3v) is 5.93. The molecule has 1 aliphatic carbocycles. The molecule has 1 saturated carbocycles. The number of carbonyl (C=O) groups is 1. The van der Waals surface area contributed by atoms with Crippen molar-refractivity contribution >= 4 is 17.5 Å². The second-order valence-electron chi connectivity index (χ2n) is 7.56. The van der Waals surface area contributed by atoms with E-state index < -0.39 is 0 Å². The van der Waals surface area contributed by atoms with Gasteiger partial charge in [0.05, 0.1) is 0 Å². The third-order valence-electron chi connectivity index (χ3n) is 5.58. The van der Waals surface area contributed by atoms with Crippen molar-refractivity contribution in [2.75, 3.05) is 26.2 Å². The molecule has 1 saturated heterocycles. The largest absolute Gasteiger partial charge is 0.340 e. The van der Waals surface area contributed by atoms with E-state index in [1.807, 2.05) is 23.1 Å². The Bertz CT molecular complexity index is 798. The molecular weight excluding hydrogens is 344 g/mol. The molecule has 2 atom stereocenters. The van der Waals surface area contributed by atoms with Crippen LogP contribution in [0, 0.1) is 12.8 Å². The number of carbonyl (C=O) groups excluding carboxylic acids is 1. The minimum atomic E-state index is 0.123. The SMILES string of the molecule is Cc1cccc(CN2CCN(C(=O)C3CC3c3ccccc3Cl)CC2)c1. The molecule has 2 aromatic rings. The van der Waals surface area contributed by atoms with Gasteiger partial charge < -0.3 is 4.90 Å². The number of piperazine rings is 1. The smallest absolute Gasteiger partial charge is 0.226 e. The standard InChI is InChI=1S/C22H25ClN2O/c1-16-5-4-6-17(13-16)15-24-9-11-25(12-10-24)22(26)20-14-19(20)18-7-2-3-8-21(18)23/h2-8,13,19-20H,9-12,14-15H2,1H3. The lowest BCUT2D eigenvalue weighted by Crippen LogP contribution is -2.48. The van der Waals surface area contributed by atoms with Gasteiger partial charge in [0.2, 0.25) is 5.91 Å². The number of hydrogen-bond acceptors (Lipinski definition) is 2. The van der Waals surface area contributed by atoms with Gasteiger partial charge in [0.1, 0.15) is 0 Å². The molecule has 0 N–H and O–H groups in total. The lowest BCUT2D eigenvalue weighted by atomic mass is 10.1. The third kappa shape index (κ3) is 3.79. The molecular formula is C22H25ClN2O. The fourth-order valence-electron chi connectivity index (χ4n) is 4.02. The van der Waals surface area contributed by atoms with E-state index in [4.69, 9.17) is 11.6 Å². The fraction of sp³-hybridized carbons (Fsp3) is 0.409. The first-order valence-corrected chi connectivity index (χ1v) is 9.81. The Morgan fingerprint density at radius 1 is 1.08 bits per heavy atom. The van der Waals surface area contributed by atoms with Crippen molar-refractivity contribution in [2.24, 2.45) is 5.92 Å². The zero-order chi connectivity index (χ0) is 18.1. The first kappa shape index (κ1) is 17.6. The molecule has 4 rings (SSSR count). The lowest BCUT2D eigenvalue weighted by molar-refractivity contribution is -0.134. The predicted octanol–water partition coefficient (Wildman–Crippen LogP) is 4.10. The zero-order valence-corrected chi connectivity index (χ0v) is 16.0. The highest BCUT2D eigenvalue weighted by Crippen LogP contribution is 2.50. The molecule has 0 bridgehead atoms. The molecule has 0 aromatic heterocycles. The highest BCUT2D eigenvalue weighted by molar-refractivity contribution is 6.31. The molecule has 1 aliphatic heterocycles. The summed E-state index contributed by atoms with van der Waals surface area (Å²) in [4.78, 5) is 17.3. The molecule has 1 amide bonds. The first-order valence-electron chi connectivity index (χ1n) is 9.43. The van der Waals surface area contributed by atoms with Crippen molar-refractivity contribution < 1.29 is 4.79 Å². The van der Waals surface area contributed by atoms with Crippen LogP contribution in [-0.4, -0.2) is 41.9 Å². The van der Waals surface area contributed by atoms with E-state index in [1.54, 1.807) is 0 Å². The number of hydrogen-bond donors (Lipinski definition) is 0. The molecule has 136 valence electrons. The molecule has 1 heterocycles. The summed E-state index contributed by atoms with van der Waals surface area (Å²) in [6, 6.07) is 16.6. The highest BCUT2D eigenvalue weighted by Gasteiger charge is 2.46. The monoisotopic (exact) mass is 368 g/mol. The molecule has 0 radical (unpaired) electrons. The van der Waals surface area contributed by atoms with Gasteiger partial charge in [-0.3, -0.25) is 9.69 Å². The summed E-state index contributed by atoms with van der Waals surface area (Å²) in [6.45, 7) is 6.65. The average molecular weight is 369 g/mol. The predicted molar refractivity (Wildman–Crippen MR) is 105 cm³/mol. The quantitative estimate of drug-likeness (QED) is 0.811. The Morgan fingerprint density at radius 3 is 2.58 bits per heavy atom. The summed E-state index contributed by atoms with van der Waals surface area (Å²) in [5.74, 6) is 0.741. The second kappa shape index (κ2) is 7.42. The van der Waals surface area contributed by atoms with Crippen LogP contribution in [0.4, 0.5) is 0 Å². The number of halogens is 1. The summed E-state index contributed by atoms with van der Waals surface area (Å²) >= 11 is 6.29. The van der Waals surface area contributed by atoms with Crippen LogP contribution in [0.1, 0.15) is 29.0 Å². The summed E-state index contributed by atoms with van der Waals surface area (Å²) in [6.07, 6.45) is 0.937. The molecule has 0 spiro atoms. The molecule has 2 fully saturated rings. The van der Waals surface area contributed by atoms with Crippen LogP contribution in [-0.2, 0) is 11.3 Å². The Morgan fingerprint density at radius 2 is 1.85 bits per heavy atom. The second-order valence-corrected chi connectivity index (χ2v) is 7.97. The number of benzene rings is 2. The van der Waals surface area contributed by atoms with Gasteiger partial charge in [-0.05, 0) is 36.5 Å². The van der Waals surface area contributed by atoms with E-state index in [-0.39, 0.29) is 5.92 Å². The summed E-state index contributed by atoms with van der Waals surface area (Å²) in [5.41, 5.74) is 3.78. The normalized spacial score (nSPS) is 23.1. The Labute approximate surface area is 160 Å². The van der Waals surface area contributed by atoms with Crippen molar-refractivity contribution in [3.05, 3.63) is 70.2 Å². The van der Waals surface area contributed by atoms with Crippen LogP contribution in [0.3, 0.4) is 0 Å². The number of nitrogens with zero attached hydrogens (tertiary/aromatic N) is 2. The van der Waals surface area contributed by atoms with Crippen molar-refractivity contribution in [3.8, 4) is 0 Å². The van der Waals surface area contributed by atoms with E-state index in [9.17, 15) is 4.79 Å². The molecule has 3 nitrogen and oxygen atoms in total. The molecule has 2 aliphatic rings. The minimum absolute atomic E-state index is 0.123. The van der Waals surface area contributed by atoms with Gasteiger partial charge >= 0.3 is 0 Å². The van der Waals surface area contributed by atoms with Crippen molar-refractivity contribution in [1.29, 1.82) is 0 Å². The van der Waals surface area contributed by atoms with Gasteiger partial charge in [-0.25, -0.2) is 0 Å². The maximum Gasteiger partial charge on any atom is 0.226 e. The van der Waals surface area contributed by atoms with E-state index in [0.717, 1.165) is 49.7 Å². The maximum atomic E-state index is 12.8. The van der Waals surface area contributed by atoms with Crippen molar-refractivity contribution in [3.63, 3.8) is 0 Å². The number of rotatable bonds is 4. The first-order chi connectivity index (χ1) is 12.6. The lowest BCUT2D eigenvalue weighted by Gasteiger charge is -2.35. The summed E-state index contributed by atoms with van der Waals surface area (Å²) in [7, 11) is 0. The summed E-state index contributed by atoms with van der Waals surface area (Å²) < 4.78 is 0. The zero-order valence-electron chi connectivity index (χ0n) is 15.2. The molecule has 2 aromatic carbocycles. The molecule has 2 unspecified atom stereocenters. The van der Waals surface area contributed by atoms with Crippen LogP contribution in [0.5, 0.6) is 0 Å². The molecule has 26 heavy (non-hydrogen) atoms. The topological polar surface area (TPSA) is 23.6 Å². The minimum Gasteiger partial charge on any atom is -0.340 e. The average Bonchev–Trinajstić information content (AvgIpc) is 3.43.